The lowest BCUT2D eigenvalue weighted by Gasteiger charge is -2.36. The highest BCUT2D eigenvalue weighted by molar-refractivity contribution is 7.37. The molecule has 0 aromatic carbocycles. The molecule has 0 saturated carbocycles. The second-order valence-corrected chi connectivity index (χ2v) is 13.2. The van der Waals surface area contributed by atoms with Crippen molar-refractivity contribution < 1.29 is 19.7 Å². The molecule has 0 radical (unpaired) electrons. The number of hydrogen-bond acceptors (Lipinski definition) is 3. The molecule has 5 atom stereocenters. The zero-order valence-corrected chi connectivity index (χ0v) is 27.9. The van der Waals surface area contributed by atoms with Gasteiger partial charge in [-0.05, 0) is 93.6 Å². The van der Waals surface area contributed by atoms with E-state index >= 15 is 0 Å². The minimum Gasteiger partial charge on any atom is -0.481 e. The van der Waals surface area contributed by atoms with Crippen LogP contribution in [0.3, 0.4) is 0 Å². The molecule has 0 bridgehead atoms. The predicted octanol–water partition coefficient (Wildman–Crippen LogP) is 9.88. The van der Waals surface area contributed by atoms with Crippen LogP contribution >= 0.6 is 8.58 Å². The normalized spacial score (nSPS) is 16.6. The average molecular weight is 579 g/mol. The first kappa shape index (κ1) is 38.8. The van der Waals surface area contributed by atoms with Crippen molar-refractivity contribution in [2.75, 3.05) is 19.4 Å². The van der Waals surface area contributed by atoms with Gasteiger partial charge in [0.1, 0.15) is 0 Å². The van der Waals surface area contributed by atoms with Crippen molar-refractivity contribution in [2.45, 2.75) is 136 Å². The fraction of sp³-hybridized carbons (Fsp3) is 0.743. The topological polar surface area (TPSA) is 66.8 Å². The van der Waals surface area contributed by atoms with Crippen molar-refractivity contribution >= 4 is 14.6 Å². The third kappa shape index (κ3) is 18.3. The van der Waals surface area contributed by atoms with Gasteiger partial charge in [0, 0.05) is 13.5 Å². The Morgan fingerprint density at radius 1 is 0.950 bits per heavy atom. The van der Waals surface area contributed by atoms with E-state index in [1.807, 2.05) is 0 Å². The number of aliphatic carboxylic acids is 1. The van der Waals surface area contributed by atoms with E-state index in [0.29, 0.717) is 0 Å². The molecule has 0 amide bonds. The Bertz CT molecular complexity index is 756. The van der Waals surface area contributed by atoms with Crippen LogP contribution in [0.15, 0.2) is 48.1 Å². The van der Waals surface area contributed by atoms with E-state index in [2.05, 4.69) is 71.6 Å². The Morgan fingerprint density at radius 2 is 1.68 bits per heavy atom. The third-order valence-electron chi connectivity index (χ3n) is 8.13. The maximum Gasteiger partial charge on any atom is 0.303 e. The van der Waals surface area contributed by atoms with Crippen LogP contribution in [0.25, 0.3) is 0 Å². The summed E-state index contributed by atoms with van der Waals surface area (Å²) in [7, 11) is 2.60. The van der Waals surface area contributed by atoms with Crippen molar-refractivity contribution in [3.63, 3.8) is 0 Å². The predicted molar refractivity (Wildman–Crippen MR) is 177 cm³/mol. The zero-order chi connectivity index (χ0) is 30.2. The highest BCUT2D eigenvalue weighted by Crippen LogP contribution is 2.36. The Hall–Kier alpha value is -1.22. The summed E-state index contributed by atoms with van der Waals surface area (Å²) in [5.41, 5.74) is 1.42. The molecule has 2 N–H and O–H groups in total. The number of aliphatic hydroxyl groups is 1. The molecule has 0 rings (SSSR count). The van der Waals surface area contributed by atoms with Gasteiger partial charge in [-0.25, -0.2) is 0 Å². The van der Waals surface area contributed by atoms with Gasteiger partial charge in [0.15, 0.2) is 0 Å². The molecule has 0 aromatic heterocycles. The number of rotatable bonds is 26. The standard InChI is InChI=1S/C35H63O4P/c1-8-19-29(3)20-13-11-10-12-14-21-30(4)33(39-7)23-16-15-22-31(5)35(38,26-9-2)32(6)25-28-40-27-18-17-24-34(36)37/h10-12,14,21,29,31,33,38,40H,6,8-9,13,15-20,22-28H2,1-5,7H3,(H,36,37)/b11-10+,14-12+,30-21+/t29?,31?,33-,35?/m0/s1. The van der Waals surface area contributed by atoms with Crippen LogP contribution < -0.4 is 0 Å². The zero-order valence-electron chi connectivity index (χ0n) is 26.9. The number of ether oxygens (including phenoxy) is 1. The van der Waals surface area contributed by atoms with Crippen molar-refractivity contribution in [1.29, 1.82) is 0 Å². The molecule has 0 aromatic rings. The summed E-state index contributed by atoms with van der Waals surface area (Å²) < 4.78 is 5.79. The van der Waals surface area contributed by atoms with E-state index in [0.717, 1.165) is 96.6 Å². The summed E-state index contributed by atoms with van der Waals surface area (Å²) in [5, 5.41) is 20.4. The lowest BCUT2D eigenvalue weighted by Crippen LogP contribution is -2.38. The largest absolute Gasteiger partial charge is 0.481 e. The van der Waals surface area contributed by atoms with Gasteiger partial charge in [0.2, 0.25) is 0 Å². The maximum atomic E-state index is 11.6. The van der Waals surface area contributed by atoms with Crippen molar-refractivity contribution in [3.05, 3.63) is 48.1 Å². The average Bonchev–Trinajstić information content (AvgIpc) is 2.91. The molecule has 4 unspecified atom stereocenters. The van der Waals surface area contributed by atoms with Crippen molar-refractivity contribution in [2.24, 2.45) is 11.8 Å². The smallest absolute Gasteiger partial charge is 0.303 e. The Morgan fingerprint density at radius 3 is 2.33 bits per heavy atom. The SMILES string of the molecule is C=C(CCPCCCCC(=O)O)C(O)(CCC)C(C)CCCC[C@H](OC)/C(C)=C/C=C/C=C/CCC(C)CCC. The Kier molecular flexibility index (Phi) is 23.6. The molecule has 232 valence electrons. The van der Waals surface area contributed by atoms with E-state index < -0.39 is 11.6 Å². The number of methoxy groups -OCH3 is 1. The second kappa shape index (κ2) is 24.4. The van der Waals surface area contributed by atoms with Crippen LogP contribution in [0.2, 0.25) is 0 Å². The molecule has 0 saturated heterocycles. The van der Waals surface area contributed by atoms with E-state index in [-0.39, 0.29) is 18.4 Å². The van der Waals surface area contributed by atoms with Crippen molar-refractivity contribution in [1.82, 2.24) is 0 Å². The summed E-state index contributed by atoms with van der Waals surface area (Å²) in [5.74, 6) is 0.277. The lowest BCUT2D eigenvalue weighted by molar-refractivity contribution is -0.137. The van der Waals surface area contributed by atoms with Crippen molar-refractivity contribution in [3.8, 4) is 0 Å². The number of allylic oxidation sites excluding steroid dienone is 5. The molecule has 5 heteroatoms. The lowest BCUT2D eigenvalue weighted by atomic mass is 9.76. The Balaban J connectivity index is 4.54. The first-order chi connectivity index (χ1) is 19.1. The molecule has 40 heavy (non-hydrogen) atoms. The first-order valence-electron chi connectivity index (χ1n) is 16.0. The van der Waals surface area contributed by atoms with E-state index in [4.69, 9.17) is 9.84 Å². The number of unbranched alkanes of at least 4 members (excludes halogenated alkanes) is 2. The van der Waals surface area contributed by atoms with Crippen LogP contribution in [0.4, 0.5) is 0 Å². The van der Waals surface area contributed by atoms with Crippen LogP contribution in [0.1, 0.15) is 125 Å². The molecule has 0 heterocycles. The van der Waals surface area contributed by atoms with Gasteiger partial charge in [-0.2, -0.15) is 0 Å². The minimum atomic E-state index is -0.800. The molecule has 0 aliphatic heterocycles. The van der Waals surface area contributed by atoms with Crippen LogP contribution in [-0.2, 0) is 9.53 Å². The van der Waals surface area contributed by atoms with Gasteiger partial charge in [0.25, 0.3) is 0 Å². The van der Waals surface area contributed by atoms with Gasteiger partial charge in [-0.3, -0.25) is 4.79 Å². The van der Waals surface area contributed by atoms with Crippen LogP contribution in [0, 0.1) is 11.8 Å². The monoisotopic (exact) mass is 578 g/mol. The summed E-state index contributed by atoms with van der Waals surface area (Å²) in [6.45, 7) is 15.4. The fourth-order valence-electron chi connectivity index (χ4n) is 5.38. The maximum absolute atomic E-state index is 11.6. The summed E-state index contributed by atoms with van der Waals surface area (Å²) in [4.78, 5) is 10.6. The van der Waals surface area contributed by atoms with Gasteiger partial charge in [-0.15, -0.1) is 8.58 Å². The third-order valence-corrected chi connectivity index (χ3v) is 9.44. The molecule has 0 spiro atoms. The summed E-state index contributed by atoms with van der Waals surface area (Å²) in [6, 6.07) is 0. The number of carboxylic acids is 1. The number of carbonyl (C=O) groups is 1. The quantitative estimate of drug-likeness (QED) is 0.0464. The second-order valence-electron chi connectivity index (χ2n) is 11.7. The first-order valence-corrected chi connectivity index (χ1v) is 17.4. The Labute approximate surface area is 249 Å². The molecule has 0 aliphatic rings. The van der Waals surface area contributed by atoms with E-state index in [1.165, 1.54) is 24.8 Å². The van der Waals surface area contributed by atoms with E-state index in [9.17, 15) is 9.90 Å². The van der Waals surface area contributed by atoms with Gasteiger partial charge < -0.3 is 14.9 Å². The highest BCUT2D eigenvalue weighted by Gasteiger charge is 2.34. The molecule has 0 fully saturated rings. The van der Waals surface area contributed by atoms with E-state index in [1.54, 1.807) is 7.11 Å². The fourth-order valence-corrected chi connectivity index (χ4v) is 6.61. The summed E-state index contributed by atoms with van der Waals surface area (Å²) in [6.07, 6.45) is 26.7. The van der Waals surface area contributed by atoms with Crippen LogP contribution in [0.5, 0.6) is 0 Å². The molecule has 0 aliphatic carbocycles. The van der Waals surface area contributed by atoms with Gasteiger partial charge in [-0.1, -0.05) is 96.8 Å². The molecular weight excluding hydrogens is 515 g/mol. The summed E-state index contributed by atoms with van der Waals surface area (Å²) >= 11 is 0. The van der Waals surface area contributed by atoms with Crippen LogP contribution in [-0.4, -0.2) is 47.3 Å². The van der Waals surface area contributed by atoms with Gasteiger partial charge >= 0.3 is 5.97 Å². The minimum absolute atomic E-state index is 0.125. The highest BCUT2D eigenvalue weighted by atomic mass is 31.1. The number of hydrogen-bond donors (Lipinski definition) is 2. The molecule has 4 nitrogen and oxygen atoms in total. The number of carboxylic acid groups (broad SMARTS) is 1. The molecular formula is C35H63O4P. The van der Waals surface area contributed by atoms with Gasteiger partial charge in [0.05, 0.1) is 11.7 Å².